The van der Waals surface area contributed by atoms with E-state index in [1.165, 1.54) is 16.9 Å². The molecule has 0 aliphatic heterocycles. The third kappa shape index (κ3) is 2.98. The van der Waals surface area contributed by atoms with Crippen molar-refractivity contribution in [1.29, 1.82) is 0 Å². The first-order valence-electron chi connectivity index (χ1n) is 7.49. The number of hydrogen-bond acceptors (Lipinski definition) is 5. The fourth-order valence-corrected chi connectivity index (χ4v) is 3.05. The van der Waals surface area contributed by atoms with Crippen LogP contribution in [0.5, 0.6) is 0 Å². The van der Waals surface area contributed by atoms with Crippen molar-refractivity contribution in [3.63, 3.8) is 0 Å². The van der Waals surface area contributed by atoms with Crippen LogP contribution in [0.2, 0.25) is 0 Å². The molecule has 0 bridgehead atoms. The number of fused-ring (bicyclic) bond motifs is 1. The van der Waals surface area contributed by atoms with E-state index in [1.54, 1.807) is 13.2 Å². The number of aryl methyl sites for hydroxylation is 1. The van der Waals surface area contributed by atoms with Crippen LogP contribution in [-0.4, -0.2) is 25.7 Å². The number of nitrogens with one attached hydrogen (secondary N) is 2. The highest BCUT2D eigenvalue weighted by Crippen LogP contribution is 2.38. The first-order chi connectivity index (χ1) is 12.3. The van der Waals surface area contributed by atoms with Gasteiger partial charge in [0.05, 0.1) is 22.2 Å². The van der Waals surface area contributed by atoms with Crippen LogP contribution in [0.1, 0.15) is 12.5 Å². The normalized spacial score (nSPS) is 11.9. The van der Waals surface area contributed by atoms with Crippen molar-refractivity contribution in [2.75, 3.05) is 11.1 Å². The number of rotatable bonds is 4. The zero-order valence-corrected chi connectivity index (χ0v) is 14.5. The molecule has 138 valence electrons. The molecule has 7 nitrogen and oxygen atoms in total. The second-order valence-corrected chi connectivity index (χ2v) is 5.93. The molecule has 0 saturated heterocycles. The van der Waals surface area contributed by atoms with Crippen LogP contribution >= 0.6 is 11.9 Å². The predicted octanol–water partition coefficient (Wildman–Crippen LogP) is 2.41. The molecule has 26 heavy (non-hydrogen) atoms. The minimum atomic E-state index is -4.67. The molecule has 2 aromatic heterocycles. The van der Waals surface area contributed by atoms with Crippen molar-refractivity contribution >= 4 is 22.9 Å². The van der Waals surface area contributed by atoms with E-state index < -0.39 is 23.0 Å². The molecule has 0 amide bonds. The maximum atomic E-state index is 13.6. The Kier molecular flexibility index (Phi) is 4.57. The highest BCUT2D eigenvalue weighted by molar-refractivity contribution is 7.99. The quantitative estimate of drug-likeness (QED) is 0.674. The van der Waals surface area contributed by atoms with Gasteiger partial charge in [-0.15, -0.1) is 0 Å². The van der Waals surface area contributed by atoms with Gasteiger partial charge in [0.2, 0.25) is 0 Å². The van der Waals surface area contributed by atoms with Crippen molar-refractivity contribution in [2.24, 2.45) is 0 Å². The molecule has 3 rings (SSSR count). The molecule has 0 radical (unpaired) electrons. The Bertz CT molecular complexity index is 1080. The van der Waals surface area contributed by atoms with E-state index in [0.717, 1.165) is 24.1 Å². The molecule has 1 aromatic carbocycles. The molecule has 2 heterocycles. The summed E-state index contributed by atoms with van der Waals surface area (Å²) in [5, 5.41) is 3.95. The Morgan fingerprint density at radius 3 is 2.65 bits per heavy atom. The molecule has 0 saturated carbocycles. The molecule has 0 unspecified atom stereocenters. The maximum Gasteiger partial charge on any atom is 0.417 e. The highest BCUT2D eigenvalue weighted by atomic mass is 32.2. The SMILES string of the molecule is CCn1nccc1-c1cc2c(=O)n(NSC)c(=O)[nH]c2cc1C(F)(F)F. The van der Waals surface area contributed by atoms with Gasteiger partial charge < -0.3 is 4.98 Å². The number of halogens is 3. The van der Waals surface area contributed by atoms with E-state index in [-0.39, 0.29) is 22.2 Å². The smallest absolute Gasteiger partial charge is 0.305 e. The minimum Gasteiger partial charge on any atom is -0.305 e. The summed E-state index contributed by atoms with van der Waals surface area (Å²) in [4.78, 5) is 29.3. The van der Waals surface area contributed by atoms with E-state index >= 15 is 0 Å². The average Bonchev–Trinajstić information content (AvgIpc) is 3.05. The summed E-state index contributed by atoms with van der Waals surface area (Å²) in [6.45, 7) is 2.11. The number of aromatic nitrogens is 4. The van der Waals surface area contributed by atoms with Crippen LogP contribution in [-0.2, 0) is 12.7 Å². The predicted molar refractivity (Wildman–Crippen MR) is 93.6 cm³/mol. The lowest BCUT2D eigenvalue weighted by molar-refractivity contribution is -0.137. The molecule has 0 aliphatic rings. The van der Waals surface area contributed by atoms with Crippen LogP contribution < -0.4 is 16.1 Å². The summed E-state index contributed by atoms with van der Waals surface area (Å²) in [6.07, 6.45) is -1.67. The van der Waals surface area contributed by atoms with Gasteiger partial charge in [0.15, 0.2) is 0 Å². The van der Waals surface area contributed by atoms with Crippen LogP contribution in [0.15, 0.2) is 34.0 Å². The van der Waals surface area contributed by atoms with Crippen molar-refractivity contribution in [1.82, 2.24) is 19.4 Å². The lowest BCUT2D eigenvalue weighted by Crippen LogP contribution is -2.39. The van der Waals surface area contributed by atoms with Gasteiger partial charge in [0.1, 0.15) is 0 Å². The average molecular weight is 385 g/mol. The largest absolute Gasteiger partial charge is 0.417 e. The number of benzene rings is 1. The molecular formula is C15H14F3N5O2S. The fraction of sp³-hybridized carbons (Fsp3) is 0.267. The first-order valence-corrected chi connectivity index (χ1v) is 8.71. The Labute approximate surface area is 148 Å². The van der Waals surface area contributed by atoms with Gasteiger partial charge in [-0.05, 0) is 37.1 Å². The summed E-state index contributed by atoms with van der Waals surface area (Å²) < 4.78 is 42.9. The van der Waals surface area contributed by atoms with Crippen LogP contribution in [0.25, 0.3) is 22.2 Å². The van der Waals surface area contributed by atoms with Gasteiger partial charge >= 0.3 is 11.9 Å². The lowest BCUT2D eigenvalue weighted by atomic mass is 10.0. The number of hydrogen-bond donors (Lipinski definition) is 2. The number of nitrogens with zero attached hydrogens (tertiary/aromatic N) is 3. The van der Waals surface area contributed by atoms with Crippen LogP contribution in [0, 0.1) is 0 Å². The molecular weight excluding hydrogens is 371 g/mol. The fourth-order valence-electron chi connectivity index (χ4n) is 2.70. The van der Waals surface area contributed by atoms with Crippen LogP contribution in [0.4, 0.5) is 13.2 Å². The second-order valence-electron chi connectivity index (χ2n) is 5.34. The summed E-state index contributed by atoms with van der Waals surface area (Å²) >= 11 is 1.01. The second kappa shape index (κ2) is 6.56. The van der Waals surface area contributed by atoms with Gasteiger partial charge in [0.25, 0.3) is 5.56 Å². The molecule has 2 N–H and O–H groups in total. The van der Waals surface area contributed by atoms with Crippen molar-refractivity contribution in [3.8, 4) is 11.3 Å². The van der Waals surface area contributed by atoms with Crippen molar-refractivity contribution in [2.45, 2.75) is 19.6 Å². The van der Waals surface area contributed by atoms with Gasteiger partial charge in [0, 0.05) is 24.6 Å². The number of alkyl halides is 3. The lowest BCUT2D eigenvalue weighted by Gasteiger charge is -2.15. The first kappa shape index (κ1) is 18.1. The van der Waals surface area contributed by atoms with E-state index in [0.29, 0.717) is 11.2 Å². The minimum absolute atomic E-state index is 0.0435. The summed E-state index contributed by atoms with van der Waals surface area (Å²) in [6, 6.07) is 3.37. The monoisotopic (exact) mass is 385 g/mol. The standard InChI is InChI=1S/C15H14F3N5O2S/c1-3-22-12(4-5-19-22)8-6-9-11(7-10(8)15(16,17)18)20-14(25)23(13(9)24)21-26-2/h4-7,21H,3H2,1-2H3,(H,20,25). The Hall–Kier alpha value is -2.69. The van der Waals surface area contributed by atoms with Crippen molar-refractivity contribution in [3.05, 3.63) is 50.8 Å². The van der Waals surface area contributed by atoms with E-state index in [1.807, 2.05) is 0 Å². The highest BCUT2D eigenvalue weighted by Gasteiger charge is 2.35. The molecule has 3 aromatic rings. The third-order valence-corrected chi connectivity index (χ3v) is 4.18. The van der Waals surface area contributed by atoms with Gasteiger partial charge in [-0.1, -0.05) is 0 Å². The van der Waals surface area contributed by atoms with Gasteiger partial charge in [-0.25, -0.2) is 4.79 Å². The Balaban J connectivity index is 2.42. The molecule has 0 fully saturated rings. The van der Waals surface area contributed by atoms with Crippen LogP contribution in [0.3, 0.4) is 0 Å². The summed E-state index contributed by atoms with van der Waals surface area (Å²) in [5.74, 6) is 0. The van der Waals surface area contributed by atoms with E-state index in [2.05, 4.69) is 14.9 Å². The van der Waals surface area contributed by atoms with Gasteiger partial charge in [-0.2, -0.15) is 22.9 Å². The maximum absolute atomic E-state index is 13.6. The Morgan fingerprint density at radius 2 is 2.04 bits per heavy atom. The number of H-pyrrole nitrogens is 1. The molecule has 0 atom stereocenters. The zero-order valence-electron chi connectivity index (χ0n) is 13.7. The third-order valence-electron chi connectivity index (χ3n) is 3.82. The zero-order chi connectivity index (χ0) is 19.1. The molecule has 0 aliphatic carbocycles. The molecule has 11 heteroatoms. The van der Waals surface area contributed by atoms with E-state index in [4.69, 9.17) is 0 Å². The van der Waals surface area contributed by atoms with Crippen molar-refractivity contribution < 1.29 is 13.2 Å². The number of aromatic amines is 1. The summed E-state index contributed by atoms with van der Waals surface area (Å²) in [5.41, 5.74) is -2.67. The summed E-state index contributed by atoms with van der Waals surface area (Å²) in [7, 11) is 0. The molecule has 0 spiro atoms. The topological polar surface area (TPSA) is 84.7 Å². The van der Waals surface area contributed by atoms with Gasteiger partial charge in [-0.3, -0.25) is 14.3 Å². The van der Waals surface area contributed by atoms with E-state index in [9.17, 15) is 22.8 Å². The Morgan fingerprint density at radius 1 is 1.31 bits per heavy atom.